The lowest BCUT2D eigenvalue weighted by atomic mass is 9.88. The predicted octanol–water partition coefficient (Wildman–Crippen LogP) is 19.7. The number of morpholine rings is 2. The van der Waals surface area contributed by atoms with Crippen LogP contribution in [0.4, 0.5) is 43.9 Å². The van der Waals surface area contributed by atoms with Gasteiger partial charge in [-0.2, -0.15) is 0 Å². The van der Waals surface area contributed by atoms with E-state index in [2.05, 4.69) is 23.0 Å². The van der Waals surface area contributed by atoms with Crippen LogP contribution in [0.15, 0.2) is 237 Å². The van der Waals surface area contributed by atoms with Gasteiger partial charge in [-0.25, -0.2) is 43.9 Å². The largest absolute Gasteiger partial charge is 0.481 e. The van der Waals surface area contributed by atoms with Crippen LogP contribution in [-0.4, -0.2) is 113 Å². The number of benzene rings is 9. The fraction of sp³-hybridized carbons (Fsp3) is 0.360. The maximum atomic E-state index is 14.6. The molecule has 4 bridgehead atoms. The van der Waals surface area contributed by atoms with E-state index in [4.69, 9.17) is 33.5 Å². The summed E-state index contributed by atoms with van der Waals surface area (Å²) in [6.07, 6.45) is 7.01. The Hall–Kier alpha value is -11.4. The second-order valence-corrected chi connectivity index (χ2v) is 33.7. The number of nitrogens with zero attached hydrogens (tertiary/aromatic N) is 2. The van der Waals surface area contributed by atoms with Gasteiger partial charge < -0.3 is 33.5 Å². The number of hydrogen-bond acceptors (Lipinski definition) is 14. The Balaban J connectivity index is 0.000000129. The first-order valence-corrected chi connectivity index (χ1v) is 42.1. The minimum absolute atomic E-state index is 0.0229. The van der Waals surface area contributed by atoms with Gasteiger partial charge in [0.25, 0.3) is 0 Å². The van der Waals surface area contributed by atoms with Gasteiger partial charge in [0.2, 0.25) is 0 Å². The van der Waals surface area contributed by atoms with E-state index in [1.165, 1.54) is 48.5 Å². The molecule has 9 aliphatic rings. The zero-order chi connectivity index (χ0) is 88.1. The van der Waals surface area contributed by atoms with Crippen molar-refractivity contribution in [3.05, 3.63) is 345 Å². The Labute approximate surface area is 718 Å². The van der Waals surface area contributed by atoms with E-state index in [-0.39, 0.29) is 116 Å². The van der Waals surface area contributed by atoms with Crippen molar-refractivity contribution in [2.45, 2.75) is 169 Å². The lowest BCUT2D eigenvalue weighted by Crippen LogP contribution is -2.43. The minimum atomic E-state index is -0.961. The van der Waals surface area contributed by atoms with Crippen molar-refractivity contribution < 1.29 is 106 Å². The maximum absolute atomic E-state index is 14.6. The molecule has 654 valence electrons. The van der Waals surface area contributed by atoms with Gasteiger partial charge >= 0.3 is 29.8 Å². The van der Waals surface area contributed by atoms with Crippen LogP contribution >= 0.6 is 0 Å². The summed E-state index contributed by atoms with van der Waals surface area (Å²) in [5.74, 6) is -13.9. The van der Waals surface area contributed by atoms with Crippen LogP contribution in [0.2, 0.25) is 0 Å². The van der Waals surface area contributed by atoms with Gasteiger partial charge in [-0.15, -0.1) is 0 Å². The lowest BCUT2D eigenvalue weighted by Gasteiger charge is -2.32. The van der Waals surface area contributed by atoms with E-state index in [1.807, 2.05) is 121 Å². The van der Waals surface area contributed by atoms with Gasteiger partial charge in [0.05, 0.1) is 55.0 Å². The number of halogens is 10. The average molecular weight is 1720 g/mol. The number of carboxylic acids is 1. The molecule has 4 saturated heterocycles. The summed E-state index contributed by atoms with van der Waals surface area (Å²) in [5, 5.41) is 9.07. The SMILES string of the molecule is C=C1C[C@@H](C(=O)O)[C@H](c2ccc(F)cc2F)C1.C=C1C[C@@H](C(=O)OCc2ccccc2)[C@H](c2ccc(F)cc2F)C1.O=C(OCc1ccccc1)[C@@H]1CC(N2C[C@@H]3CC2CO3)C[C@H]1c1ccc(F)cc1F.O=C(OCc1ccccc1)[C@@H]1C[C@@H](N2C[C@@H]3C[C@H]2CO3)C[C@H]1c1ccc(F)cc1F.O=C1C[C@@H](C(=O)OCc2ccccc2)[C@H](c2ccc(F)cc2F)C1. The molecule has 2 unspecified atom stereocenters. The standard InChI is InChI=1S/2C24H25F2NO3.C20H18F2O2.C19H16F2O3.C13H12F2O2/c2*25-16-6-7-20(23(26)8-16)21-10-17(27-12-19-9-18(27)14-29-19)11-22(21)24(28)30-13-15-4-2-1-3-5-15;1-13-9-17(16-8-7-15(21)11-19(16)22)18(10-13)20(23)24-12-14-5-3-2-4-6-14;20-13-6-7-15(18(21)8-13)16-9-14(22)10-17(16)19(23)24-11-12-4-2-1-3-5-12;1-7-4-10(11(5-7)13(16)17)9-3-2-8(14)6-12(9)15/h2*1-8,17-19,21-22H,9-14H2;2-8,11,17-18H,1,9-10,12H2;1-8,16-17H,9-11H2;2-3,6,10-11H,1,4-5H2,(H,16,17)/t17?,18?,19-,21-,22+;17-,18-,19-,21-,22+;17-,18+;16-,17+;10-,11+/m00000/s1. The molecule has 9 aromatic carbocycles. The van der Waals surface area contributed by atoms with E-state index < -0.39 is 112 Å². The highest BCUT2D eigenvalue weighted by atomic mass is 19.2. The van der Waals surface area contributed by atoms with Crippen LogP contribution in [-0.2, 0) is 83.6 Å². The van der Waals surface area contributed by atoms with Crippen LogP contribution in [0.25, 0.3) is 0 Å². The first-order valence-electron chi connectivity index (χ1n) is 42.1. The number of ether oxygens (including phenoxy) is 6. The van der Waals surface area contributed by atoms with Crippen molar-refractivity contribution in [1.82, 2.24) is 9.80 Å². The molecule has 0 spiro atoms. The Kier molecular flexibility index (Phi) is 29.6. The van der Waals surface area contributed by atoms with Gasteiger partial charge in [-0.3, -0.25) is 38.6 Å². The molecule has 0 radical (unpaired) electrons. The molecule has 0 aromatic heterocycles. The summed E-state index contributed by atoms with van der Waals surface area (Å²) in [4.78, 5) is 78.6. The van der Waals surface area contributed by atoms with Crippen LogP contribution in [0.3, 0.4) is 0 Å². The van der Waals surface area contributed by atoms with Crippen molar-refractivity contribution >= 4 is 35.6 Å². The van der Waals surface area contributed by atoms with Crippen molar-refractivity contribution in [3.63, 3.8) is 0 Å². The molecule has 16 atom stereocenters. The second kappa shape index (κ2) is 41.2. The maximum Gasteiger partial charge on any atom is 0.310 e. The number of carbonyl (C=O) groups excluding carboxylic acids is 5. The third-order valence-electron chi connectivity index (χ3n) is 25.5. The second-order valence-electron chi connectivity index (χ2n) is 33.7. The van der Waals surface area contributed by atoms with Crippen LogP contribution in [0.1, 0.15) is 157 Å². The van der Waals surface area contributed by atoms with E-state index in [1.54, 1.807) is 0 Å². The quantitative estimate of drug-likeness (QED) is 0.0329. The molecule has 9 fully saturated rings. The highest BCUT2D eigenvalue weighted by molar-refractivity contribution is 5.90. The zero-order valence-electron chi connectivity index (χ0n) is 68.5. The third kappa shape index (κ3) is 22.5. The molecule has 25 heteroatoms. The number of allylic oxidation sites excluding steroid dienone is 2. The van der Waals surface area contributed by atoms with Crippen LogP contribution < -0.4 is 0 Å². The molecule has 125 heavy (non-hydrogen) atoms. The molecular weight excluding hydrogens is 1630 g/mol. The van der Waals surface area contributed by atoms with Crippen molar-refractivity contribution in [3.8, 4) is 0 Å². The summed E-state index contributed by atoms with van der Waals surface area (Å²) in [6, 6.07) is 55.9. The zero-order valence-corrected chi connectivity index (χ0v) is 68.5. The van der Waals surface area contributed by atoms with Crippen molar-refractivity contribution in [1.29, 1.82) is 0 Å². The molecule has 4 aliphatic heterocycles. The summed E-state index contributed by atoms with van der Waals surface area (Å²) in [5.41, 5.74) is 6.83. The Morgan fingerprint density at radius 1 is 0.328 bits per heavy atom. The number of aliphatic carboxylic acids is 1. The summed E-state index contributed by atoms with van der Waals surface area (Å²) in [7, 11) is 0. The highest BCUT2D eigenvalue weighted by Crippen LogP contribution is 2.50. The topological polar surface area (TPSA) is 185 Å². The van der Waals surface area contributed by atoms with Gasteiger partial charge in [0.15, 0.2) is 0 Å². The third-order valence-corrected chi connectivity index (χ3v) is 25.5. The molecule has 5 aliphatic carbocycles. The average Bonchev–Trinajstić information content (AvgIpc) is 1.62. The number of fused-ring (bicyclic) bond motifs is 4. The summed E-state index contributed by atoms with van der Waals surface area (Å²) in [6.45, 7) is 11.5. The fourth-order valence-corrected chi connectivity index (χ4v) is 19.5. The fourth-order valence-electron chi connectivity index (χ4n) is 19.5. The number of hydrogen-bond donors (Lipinski definition) is 1. The molecule has 0 amide bonds. The van der Waals surface area contributed by atoms with E-state index in [0.717, 1.165) is 115 Å². The number of carbonyl (C=O) groups is 6. The first kappa shape index (κ1) is 89.9. The number of esters is 4. The molecule has 9 aromatic rings. The summed E-state index contributed by atoms with van der Waals surface area (Å²) < 4.78 is 170. The lowest BCUT2D eigenvalue weighted by molar-refractivity contribution is -0.151. The van der Waals surface area contributed by atoms with Gasteiger partial charge in [-0.05, 0) is 145 Å². The van der Waals surface area contributed by atoms with Crippen molar-refractivity contribution in [2.75, 3.05) is 26.3 Å². The smallest absolute Gasteiger partial charge is 0.310 e. The molecule has 1 N–H and O–H groups in total. The van der Waals surface area contributed by atoms with Crippen molar-refractivity contribution in [2.24, 2.45) is 29.6 Å². The van der Waals surface area contributed by atoms with Crippen LogP contribution in [0.5, 0.6) is 0 Å². The molecule has 18 rings (SSSR count). The highest BCUT2D eigenvalue weighted by Gasteiger charge is 2.52. The number of Topliss-reactive ketones (excluding diaryl/α,β-unsaturated/α-hetero) is 1. The Morgan fingerprint density at radius 2 is 0.608 bits per heavy atom. The van der Waals surface area contributed by atoms with Gasteiger partial charge in [0.1, 0.15) is 90.4 Å². The molecule has 5 saturated carbocycles. The summed E-state index contributed by atoms with van der Waals surface area (Å²) >= 11 is 0. The Bertz CT molecular complexity index is 5060. The first-order chi connectivity index (χ1) is 60.2. The normalized spacial score (nSPS) is 25.7. The number of ketones is 1. The molecule has 15 nitrogen and oxygen atoms in total. The number of likely N-dealkylation sites (tertiary alicyclic amines) is 2. The molecular formula is C100H96F10N2O13. The monoisotopic (exact) mass is 1720 g/mol. The molecule has 4 heterocycles. The number of rotatable bonds is 20. The predicted molar refractivity (Wildman–Crippen MR) is 442 cm³/mol. The van der Waals surface area contributed by atoms with Gasteiger partial charge in [0, 0.05) is 110 Å². The number of carboxylic acid groups (broad SMARTS) is 1. The minimum Gasteiger partial charge on any atom is -0.481 e. The van der Waals surface area contributed by atoms with E-state index >= 15 is 0 Å². The van der Waals surface area contributed by atoms with E-state index in [9.17, 15) is 72.7 Å². The Morgan fingerprint density at radius 3 is 0.896 bits per heavy atom. The van der Waals surface area contributed by atoms with Crippen LogP contribution in [0, 0.1) is 87.8 Å². The van der Waals surface area contributed by atoms with Gasteiger partial charge in [-0.1, -0.05) is 176 Å². The van der Waals surface area contributed by atoms with E-state index in [0.29, 0.717) is 80.1 Å².